The Morgan fingerprint density at radius 2 is 1.54 bits per heavy atom. The van der Waals surface area contributed by atoms with Crippen LogP contribution in [-0.4, -0.2) is 83.2 Å². The Bertz CT molecular complexity index is 916. The van der Waals surface area contributed by atoms with Crippen molar-refractivity contribution >= 4 is 54.0 Å². The molecule has 10 N–H and O–H groups in total. The molecule has 1 aromatic rings. The minimum absolute atomic E-state index is 0.0601. The first-order chi connectivity index (χ1) is 17.6. The van der Waals surface area contributed by atoms with Crippen LogP contribution in [0.4, 0.5) is 0 Å². The third kappa shape index (κ3) is 12.7. The van der Waals surface area contributed by atoms with Crippen molar-refractivity contribution in [3.8, 4) is 0 Å². The van der Waals surface area contributed by atoms with E-state index in [1.807, 2.05) is 6.26 Å². The number of nitrogens with one attached hydrogen (secondary N) is 3. The van der Waals surface area contributed by atoms with Crippen LogP contribution >= 0.6 is 24.4 Å². The van der Waals surface area contributed by atoms with Crippen molar-refractivity contribution in [1.29, 1.82) is 0 Å². The van der Waals surface area contributed by atoms with E-state index in [1.165, 1.54) is 11.8 Å². The minimum atomic E-state index is -1.22. The van der Waals surface area contributed by atoms with Crippen LogP contribution in [0, 0.1) is 0 Å². The second-order valence-electron chi connectivity index (χ2n) is 8.23. The summed E-state index contributed by atoms with van der Waals surface area (Å²) >= 11 is 5.49. The Balaban J connectivity index is 3.03. The van der Waals surface area contributed by atoms with Gasteiger partial charge in [0.25, 0.3) is 0 Å². The molecule has 0 aliphatic carbocycles. The molecule has 1 aromatic carbocycles. The van der Waals surface area contributed by atoms with Crippen LogP contribution in [0.3, 0.4) is 0 Å². The molecule has 3 amide bonds. The predicted molar refractivity (Wildman–Crippen MR) is 148 cm³/mol. The van der Waals surface area contributed by atoms with Gasteiger partial charge in [-0.25, -0.2) is 4.79 Å². The van der Waals surface area contributed by atoms with E-state index < -0.39 is 47.9 Å². The molecule has 0 aliphatic rings. The van der Waals surface area contributed by atoms with E-state index in [9.17, 15) is 24.3 Å². The number of nitrogens with zero attached hydrogens (tertiary/aromatic N) is 1. The zero-order chi connectivity index (χ0) is 27.8. The number of thioether (sulfide) groups is 1. The summed E-state index contributed by atoms with van der Waals surface area (Å²) in [4.78, 5) is 54.2. The maximum atomic E-state index is 13.1. The highest BCUT2D eigenvalue weighted by atomic mass is 32.2. The lowest BCUT2D eigenvalue weighted by atomic mass is 10.0. The molecule has 1 rings (SSSR count). The van der Waals surface area contributed by atoms with Gasteiger partial charge in [-0.2, -0.15) is 24.4 Å². The van der Waals surface area contributed by atoms with Crippen LogP contribution < -0.4 is 33.2 Å². The molecular weight excluding hydrogens is 518 g/mol. The van der Waals surface area contributed by atoms with Crippen molar-refractivity contribution in [2.75, 3.05) is 24.3 Å². The summed E-state index contributed by atoms with van der Waals surface area (Å²) in [6, 6.07) is 4.70. The summed E-state index contributed by atoms with van der Waals surface area (Å²) in [5.74, 6) is -2.48. The summed E-state index contributed by atoms with van der Waals surface area (Å²) in [6.07, 6.45) is 2.68. The van der Waals surface area contributed by atoms with Gasteiger partial charge in [-0.3, -0.25) is 19.4 Å². The summed E-state index contributed by atoms with van der Waals surface area (Å²) in [6.45, 7) is 0.206. The fourth-order valence-electron chi connectivity index (χ4n) is 3.23. The topological polar surface area (TPSA) is 215 Å². The molecule has 0 saturated carbocycles. The summed E-state index contributed by atoms with van der Waals surface area (Å²) < 4.78 is 0. The molecule has 4 atom stereocenters. The van der Waals surface area contributed by atoms with Crippen molar-refractivity contribution in [2.45, 2.75) is 49.9 Å². The van der Waals surface area contributed by atoms with Gasteiger partial charge in [0.05, 0.1) is 6.04 Å². The lowest BCUT2D eigenvalue weighted by molar-refractivity contribution is -0.142. The maximum absolute atomic E-state index is 13.1. The molecule has 4 unspecified atom stereocenters. The van der Waals surface area contributed by atoms with E-state index in [0.29, 0.717) is 18.6 Å². The number of carboxylic acid groups (broad SMARTS) is 1. The van der Waals surface area contributed by atoms with Gasteiger partial charge in [0, 0.05) is 18.7 Å². The fraction of sp³-hybridized carbons (Fsp3) is 0.522. The smallest absolute Gasteiger partial charge is 0.326 e. The third-order valence-electron chi connectivity index (χ3n) is 5.25. The number of hydrogen-bond donors (Lipinski definition) is 8. The number of hydrogen-bond acceptors (Lipinski definition) is 8. The zero-order valence-corrected chi connectivity index (χ0v) is 22.5. The summed E-state index contributed by atoms with van der Waals surface area (Å²) in [5.41, 5.74) is 17.1. The molecule has 0 saturated heterocycles. The number of rotatable bonds is 17. The van der Waals surface area contributed by atoms with Gasteiger partial charge in [0.2, 0.25) is 17.7 Å². The quantitative estimate of drug-likeness (QED) is 0.0502. The van der Waals surface area contributed by atoms with Gasteiger partial charge in [0.1, 0.15) is 18.1 Å². The molecule has 0 fully saturated rings. The van der Waals surface area contributed by atoms with Gasteiger partial charge in [-0.1, -0.05) is 30.3 Å². The molecule has 0 heterocycles. The number of thiol groups is 1. The lowest BCUT2D eigenvalue weighted by Crippen LogP contribution is -2.57. The monoisotopic (exact) mass is 555 g/mol. The second kappa shape index (κ2) is 17.5. The van der Waals surface area contributed by atoms with Crippen molar-refractivity contribution in [1.82, 2.24) is 16.0 Å². The average molecular weight is 556 g/mol. The third-order valence-corrected chi connectivity index (χ3v) is 6.29. The molecule has 0 aromatic heterocycles. The average Bonchev–Trinajstić information content (AvgIpc) is 2.87. The minimum Gasteiger partial charge on any atom is -0.480 e. The van der Waals surface area contributed by atoms with Gasteiger partial charge in [0.15, 0.2) is 5.96 Å². The number of carboxylic acids is 1. The number of aliphatic imine (C=N–C) groups is 1. The van der Waals surface area contributed by atoms with E-state index in [2.05, 4.69) is 33.6 Å². The maximum Gasteiger partial charge on any atom is 0.326 e. The number of guanidine groups is 1. The summed E-state index contributed by atoms with van der Waals surface area (Å²) in [5, 5.41) is 17.4. The number of aliphatic carboxylic acids is 1. The normalized spacial score (nSPS) is 13.9. The lowest BCUT2D eigenvalue weighted by Gasteiger charge is -2.25. The van der Waals surface area contributed by atoms with Crippen molar-refractivity contribution < 1.29 is 24.3 Å². The Morgan fingerprint density at radius 1 is 0.973 bits per heavy atom. The number of nitrogens with two attached hydrogens (primary N) is 3. The standard InChI is InChI=1S/C23H37N7O5S2/c1-37-11-9-17(28-19(31)15(24)13-36)21(33)29-16(8-5-10-27-23(25)26)20(32)30-18(22(34)35)12-14-6-3-2-4-7-14/h2-4,6-7,15-18,36H,5,8-13,24H2,1H3,(H,28,31)(H,29,33)(H,30,32)(H,34,35)(H4,25,26,27). The van der Waals surface area contributed by atoms with Crippen LogP contribution in [0.2, 0.25) is 0 Å². The van der Waals surface area contributed by atoms with Crippen LogP contribution in [0.5, 0.6) is 0 Å². The molecule has 37 heavy (non-hydrogen) atoms. The van der Waals surface area contributed by atoms with Gasteiger partial charge in [-0.05, 0) is 36.8 Å². The van der Waals surface area contributed by atoms with E-state index in [1.54, 1.807) is 30.3 Å². The molecule has 206 valence electrons. The number of benzene rings is 1. The number of carbonyl (C=O) groups excluding carboxylic acids is 3. The van der Waals surface area contributed by atoms with Crippen LogP contribution in [0.15, 0.2) is 35.3 Å². The van der Waals surface area contributed by atoms with Crippen molar-refractivity contribution in [2.24, 2.45) is 22.2 Å². The molecule has 0 bridgehead atoms. The van der Waals surface area contributed by atoms with Crippen LogP contribution in [0.1, 0.15) is 24.8 Å². The highest BCUT2D eigenvalue weighted by Crippen LogP contribution is 2.07. The molecule has 14 heteroatoms. The van der Waals surface area contributed by atoms with Gasteiger partial charge >= 0.3 is 5.97 Å². The molecule has 0 aliphatic heterocycles. The van der Waals surface area contributed by atoms with E-state index in [4.69, 9.17) is 17.2 Å². The van der Waals surface area contributed by atoms with Gasteiger partial charge in [-0.15, -0.1) is 0 Å². The first-order valence-corrected chi connectivity index (χ1v) is 13.7. The SMILES string of the molecule is CSCCC(NC(=O)C(N)CS)C(=O)NC(CCCN=C(N)N)C(=O)NC(Cc1ccccc1)C(=O)O. The number of carbonyl (C=O) groups is 4. The number of amides is 3. The predicted octanol–water partition coefficient (Wildman–Crippen LogP) is -1.17. The van der Waals surface area contributed by atoms with E-state index in [-0.39, 0.29) is 31.1 Å². The largest absolute Gasteiger partial charge is 0.480 e. The second-order valence-corrected chi connectivity index (χ2v) is 9.58. The molecule has 12 nitrogen and oxygen atoms in total. The van der Waals surface area contributed by atoms with E-state index in [0.717, 1.165) is 5.56 Å². The molecular formula is C23H37N7O5S2. The Hall–Kier alpha value is -2.97. The van der Waals surface area contributed by atoms with Crippen LogP contribution in [-0.2, 0) is 25.6 Å². The van der Waals surface area contributed by atoms with Crippen molar-refractivity contribution in [3.63, 3.8) is 0 Å². The van der Waals surface area contributed by atoms with E-state index >= 15 is 0 Å². The van der Waals surface area contributed by atoms with Gasteiger partial charge < -0.3 is 38.3 Å². The highest BCUT2D eigenvalue weighted by Gasteiger charge is 2.30. The van der Waals surface area contributed by atoms with Crippen molar-refractivity contribution in [3.05, 3.63) is 35.9 Å². The molecule has 0 spiro atoms. The summed E-state index contributed by atoms with van der Waals surface area (Å²) in [7, 11) is 0. The first kappa shape index (κ1) is 32.1. The fourth-order valence-corrected chi connectivity index (χ4v) is 3.87. The first-order valence-electron chi connectivity index (χ1n) is 11.7. The highest BCUT2D eigenvalue weighted by molar-refractivity contribution is 7.98. The Morgan fingerprint density at radius 3 is 2.08 bits per heavy atom. The Labute approximate surface area is 226 Å². The zero-order valence-electron chi connectivity index (χ0n) is 20.8. The molecule has 0 radical (unpaired) electrons. The van der Waals surface area contributed by atoms with Crippen LogP contribution in [0.25, 0.3) is 0 Å². The Kier molecular flexibility index (Phi) is 15.1.